The Bertz CT molecular complexity index is 732. The van der Waals surface area contributed by atoms with Crippen LogP contribution in [0.15, 0.2) is 6.20 Å². The maximum absolute atomic E-state index is 13.3. The lowest BCUT2D eigenvalue weighted by atomic mass is 9.85. The summed E-state index contributed by atoms with van der Waals surface area (Å²) in [7, 11) is 0. The standard InChI is InChI=1S/C24H41N5O3/c1-24(2,3)21(22-25-14-20(26-22)16-28-11-7-4-8-12-28)27-23(31)19(15-29(32)17-30)13-18-9-5-6-10-18/h14,17-19,21,32H,4-13,15-16H2,1-3H3,(H,25,26)(H,27,31)/t19-,21?/m1/s1. The zero-order valence-corrected chi connectivity index (χ0v) is 20.0. The summed E-state index contributed by atoms with van der Waals surface area (Å²) < 4.78 is 0. The highest BCUT2D eigenvalue weighted by Crippen LogP contribution is 2.34. The minimum Gasteiger partial charge on any atom is -0.345 e. The van der Waals surface area contributed by atoms with Crippen LogP contribution in [0.1, 0.15) is 89.7 Å². The highest BCUT2D eigenvalue weighted by atomic mass is 16.5. The van der Waals surface area contributed by atoms with Gasteiger partial charge in [0.2, 0.25) is 12.3 Å². The molecule has 2 amide bonds. The van der Waals surface area contributed by atoms with Gasteiger partial charge >= 0.3 is 0 Å². The molecule has 1 saturated carbocycles. The molecule has 8 heteroatoms. The molecule has 2 fully saturated rings. The van der Waals surface area contributed by atoms with Crippen LogP contribution in [-0.2, 0) is 16.1 Å². The van der Waals surface area contributed by atoms with E-state index < -0.39 is 5.92 Å². The number of carbonyl (C=O) groups is 2. The Balaban J connectivity index is 1.70. The maximum Gasteiger partial charge on any atom is 0.233 e. The van der Waals surface area contributed by atoms with E-state index in [0.717, 1.165) is 44.0 Å². The first-order valence-corrected chi connectivity index (χ1v) is 12.2. The molecule has 1 unspecified atom stereocenters. The number of rotatable bonds is 10. The fraction of sp³-hybridized carbons (Fsp3) is 0.792. The Morgan fingerprint density at radius 2 is 1.97 bits per heavy atom. The van der Waals surface area contributed by atoms with Gasteiger partial charge in [0.25, 0.3) is 0 Å². The molecular formula is C24H41N5O3. The van der Waals surface area contributed by atoms with Crippen LogP contribution in [0.25, 0.3) is 0 Å². The van der Waals surface area contributed by atoms with Crippen LogP contribution in [0.5, 0.6) is 0 Å². The molecule has 1 aromatic rings. The summed E-state index contributed by atoms with van der Waals surface area (Å²) in [5, 5.41) is 13.6. The summed E-state index contributed by atoms with van der Waals surface area (Å²) in [4.78, 5) is 34.8. The molecule has 1 aliphatic heterocycles. The Morgan fingerprint density at radius 3 is 2.59 bits per heavy atom. The highest BCUT2D eigenvalue weighted by Gasteiger charge is 2.34. The van der Waals surface area contributed by atoms with E-state index in [0.29, 0.717) is 23.8 Å². The highest BCUT2D eigenvalue weighted by molar-refractivity contribution is 5.79. The smallest absolute Gasteiger partial charge is 0.233 e. The summed E-state index contributed by atoms with van der Waals surface area (Å²) in [5.74, 6) is 0.653. The van der Waals surface area contributed by atoms with E-state index in [2.05, 4.69) is 41.0 Å². The van der Waals surface area contributed by atoms with Gasteiger partial charge in [-0.15, -0.1) is 0 Å². The number of hydrogen-bond acceptors (Lipinski definition) is 5. The van der Waals surface area contributed by atoms with Gasteiger partial charge in [-0.05, 0) is 43.7 Å². The summed E-state index contributed by atoms with van der Waals surface area (Å²) in [6.45, 7) is 9.35. The fourth-order valence-corrected chi connectivity index (χ4v) is 5.10. The van der Waals surface area contributed by atoms with Crippen molar-refractivity contribution >= 4 is 12.3 Å². The zero-order chi connectivity index (χ0) is 23.1. The number of aromatic amines is 1. The molecule has 32 heavy (non-hydrogen) atoms. The average Bonchev–Trinajstić information content (AvgIpc) is 3.43. The number of carbonyl (C=O) groups excluding carboxylic acids is 2. The molecule has 0 spiro atoms. The van der Waals surface area contributed by atoms with E-state index in [1.54, 1.807) is 0 Å². The molecule has 2 heterocycles. The number of imidazole rings is 1. The normalized spacial score (nSPS) is 20.1. The third kappa shape index (κ3) is 7.04. The van der Waals surface area contributed by atoms with Crippen molar-refractivity contribution in [2.45, 2.75) is 84.7 Å². The number of likely N-dealkylation sites (tertiary alicyclic amines) is 1. The minimum absolute atomic E-state index is 0.0149. The van der Waals surface area contributed by atoms with Gasteiger partial charge in [-0.25, -0.2) is 10.0 Å². The van der Waals surface area contributed by atoms with Gasteiger partial charge in [0.05, 0.1) is 18.5 Å². The van der Waals surface area contributed by atoms with Crippen molar-refractivity contribution in [2.75, 3.05) is 19.6 Å². The molecule has 8 nitrogen and oxygen atoms in total. The van der Waals surface area contributed by atoms with Gasteiger partial charge in [-0.2, -0.15) is 0 Å². The third-order valence-electron chi connectivity index (χ3n) is 6.91. The summed E-state index contributed by atoms with van der Waals surface area (Å²) in [5.41, 5.74) is 0.813. The molecule has 0 radical (unpaired) electrons. The number of H-pyrrole nitrogens is 1. The van der Waals surface area contributed by atoms with Crippen molar-refractivity contribution < 1.29 is 14.8 Å². The number of piperidine rings is 1. The quantitative estimate of drug-likeness (QED) is 0.289. The average molecular weight is 448 g/mol. The molecular weight excluding hydrogens is 406 g/mol. The second kappa shape index (κ2) is 11.3. The van der Waals surface area contributed by atoms with Gasteiger partial charge < -0.3 is 10.3 Å². The topological polar surface area (TPSA) is 102 Å². The number of nitrogens with zero attached hydrogens (tertiary/aromatic N) is 3. The van der Waals surface area contributed by atoms with Gasteiger partial charge in [-0.1, -0.05) is 52.9 Å². The lowest BCUT2D eigenvalue weighted by molar-refractivity contribution is -0.155. The van der Waals surface area contributed by atoms with Crippen LogP contribution in [0.4, 0.5) is 0 Å². The summed E-state index contributed by atoms with van der Waals surface area (Å²) in [6.07, 6.45) is 11.3. The second-order valence-corrected chi connectivity index (χ2v) is 10.7. The van der Waals surface area contributed by atoms with Gasteiger partial charge in [0.1, 0.15) is 5.82 Å². The van der Waals surface area contributed by atoms with Crippen molar-refractivity contribution in [1.29, 1.82) is 0 Å². The molecule has 2 atom stereocenters. The number of nitrogens with one attached hydrogen (secondary N) is 2. The van der Waals surface area contributed by atoms with E-state index in [1.807, 2.05) is 6.20 Å². The van der Waals surface area contributed by atoms with Gasteiger partial charge in [-0.3, -0.25) is 19.7 Å². The molecule has 1 aliphatic carbocycles. The maximum atomic E-state index is 13.3. The van der Waals surface area contributed by atoms with Crippen LogP contribution >= 0.6 is 0 Å². The van der Waals surface area contributed by atoms with E-state index in [9.17, 15) is 14.8 Å². The molecule has 3 N–H and O–H groups in total. The molecule has 3 rings (SSSR count). The Morgan fingerprint density at radius 1 is 1.28 bits per heavy atom. The van der Waals surface area contributed by atoms with E-state index in [1.165, 1.54) is 32.1 Å². The van der Waals surface area contributed by atoms with Crippen LogP contribution in [0, 0.1) is 17.3 Å². The molecule has 180 valence electrons. The molecule has 1 saturated heterocycles. The van der Waals surface area contributed by atoms with Crippen LogP contribution in [-0.4, -0.2) is 57.1 Å². The first-order valence-electron chi connectivity index (χ1n) is 12.2. The van der Waals surface area contributed by atoms with Crippen LogP contribution < -0.4 is 5.32 Å². The minimum atomic E-state index is -0.444. The van der Waals surface area contributed by atoms with Gasteiger partial charge in [0.15, 0.2) is 0 Å². The van der Waals surface area contributed by atoms with E-state index >= 15 is 0 Å². The number of amides is 2. The number of hydrogen-bond donors (Lipinski definition) is 3. The Kier molecular flexibility index (Phi) is 8.71. The van der Waals surface area contributed by atoms with Crippen LogP contribution in [0.2, 0.25) is 0 Å². The first-order chi connectivity index (χ1) is 15.3. The molecule has 0 aromatic carbocycles. The molecule has 2 aliphatic rings. The Hall–Kier alpha value is -1.93. The van der Waals surface area contributed by atoms with E-state index in [-0.39, 0.29) is 23.9 Å². The molecule has 1 aromatic heterocycles. The lowest BCUT2D eigenvalue weighted by Crippen LogP contribution is -2.43. The second-order valence-electron chi connectivity index (χ2n) is 10.7. The van der Waals surface area contributed by atoms with Crippen molar-refractivity contribution in [3.05, 3.63) is 17.7 Å². The number of hydroxylamine groups is 2. The Labute approximate surface area is 192 Å². The van der Waals surface area contributed by atoms with Crippen molar-refractivity contribution in [1.82, 2.24) is 25.2 Å². The van der Waals surface area contributed by atoms with Crippen LogP contribution in [0.3, 0.4) is 0 Å². The molecule has 0 bridgehead atoms. The van der Waals surface area contributed by atoms with E-state index in [4.69, 9.17) is 0 Å². The fourth-order valence-electron chi connectivity index (χ4n) is 5.10. The van der Waals surface area contributed by atoms with Crippen molar-refractivity contribution in [2.24, 2.45) is 17.3 Å². The summed E-state index contributed by atoms with van der Waals surface area (Å²) >= 11 is 0. The van der Waals surface area contributed by atoms with Crippen molar-refractivity contribution in [3.63, 3.8) is 0 Å². The SMILES string of the molecule is CC(C)(C)C(NC(=O)[C@H](CC1CCCC1)CN(O)C=O)c1ncc(CN2CCCCC2)[nH]1. The first kappa shape index (κ1) is 24.7. The predicted molar refractivity (Wildman–Crippen MR) is 123 cm³/mol. The number of aromatic nitrogens is 2. The predicted octanol–water partition coefficient (Wildman–Crippen LogP) is 3.64. The third-order valence-corrected chi connectivity index (χ3v) is 6.91. The zero-order valence-electron chi connectivity index (χ0n) is 20.0. The van der Waals surface area contributed by atoms with Gasteiger partial charge in [0, 0.05) is 18.4 Å². The monoisotopic (exact) mass is 447 g/mol. The summed E-state index contributed by atoms with van der Waals surface area (Å²) in [6, 6.07) is -0.292. The van der Waals surface area contributed by atoms with Crippen molar-refractivity contribution in [3.8, 4) is 0 Å². The lowest BCUT2D eigenvalue weighted by Gasteiger charge is -2.32. The largest absolute Gasteiger partial charge is 0.345 e.